The van der Waals surface area contributed by atoms with Gasteiger partial charge in [-0.05, 0) is 43.2 Å². The van der Waals surface area contributed by atoms with E-state index in [1.807, 2.05) is 32.2 Å². The van der Waals surface area contributed by atoms with Gasteiger partial charge in [-0.15, -0.1) is 0 Å². The monoisotopic (exact) mass is 392 g/mol. The Balaban J connectivity index is 1.66. The van der Waals surface area contributed by atoms with Crippen molar-refractivity contribution in [2.24, 2.45) is 7.05 Å². The first kappa shape index (κ1) is 18.3. The van der Waals surface area contributed by atoms with E-state index in [0.717, 1.165) is 22.3 Å². The molecule has 0 spiro atoms. The largest absolute Gasteiger partial charge is 0.350 e. The smallest absolute Gasteiger partial charge is 0.227 e. The molecule has 0 fully saturated rings. The van der Waals surface area contributed by atoms with E-state index in [2.05, 4.69) is 56.9 Å². The van der Waals surface area contributed by atoms with Crippen molar-refractivity contribution in [3.05, 3.63) is 70.4 Å². The van der Waals surface area contributed by atoms with Gasteiger partial charge in [0.15, 0.2) is 5.65 Å². The van der Waals surface area contributed by atoms with Gasteiger partial charge in [-0.25, -0.2) is 0 Å². The van der Waals surface area contributed by atoms with E-state index >= 15 is 0 Å². The standard InChI is InChI=1S/C21H21ClN6/c1-13-4-6-15(7-5-13)11-23-21-26-19(17-12-24-28(3)20(17)27-21)25-18-9-8-16(22)10-14(18)2/h4-10,12H,11H2,1-3H3,(H2,23,25,26,27). The summed E-state index contributed by atoms with van der Waals surface area (Å²) in [6.45, 7) is 4.72. The fraction of sp³-hybridized carbons (Fsp3) is 0.190. The highest BCUT2D eigenvalue weighted by molar-refractivity contribution is 6.30. The first-order chi connectivity index (χ1) is 13.5. The van der Waals surface area contributed by atoms with Crippen molar-refractivity contribution in [1.82, 2.24) is 19.7 Å². The molecule has 2 aromatic heterocycles. The van der Waals surface area contributed by atoms with Crippen LogP contribution in [-0.2, 0) is 13.6 Å². The van der Waals surface area contributed by atoms with Crippen LogP contribution in [0.2, 0.25) is 5.02 Å². The van der Waals surface area contributed by atoms with Gasteiger partial charge >= 0.3 is 0 Å². The minimum atomic E-state index is 0.547. The molecule has 0 amide bonds. The van der Waals surface area contributed by atoms with Gasteiger partial charge in [-0.2, -0.15) is 15.1 Å². The first-order valence-electron chi connectivity index (χ1n) is 9.02. The van der Waals surface area contributed by atoms with Crippen molar-refractivity contribution >= 4 is 40.1 Å². The Hall–Kier alpha value is -3.12. The van der Waals surface area contributed by atoms with E-state index in [0.29, 0.717) is 23.3 Å². The average Bonchev–Trinajstić information content (AvgIpc) is 3.05. The van der Waals surface area contributed by atoms with Gasteiger partial charge in [0.25, 0.3) is 0 Å². The van der Waals surface area contributed by atoms with Gasteiger partial charge in [0.2, 0.25) is 5.95 Å². The first-order valence-corrected chi connectivity index (χ1v) is 9.40. The van der Waals surface area contributed by atoms with Crippen LogP contribution in [0, 0.1) is 13.8 Å². The molecular weight excluding hydrogens is 372 g/mol. The van der Waals surface area contributed by atoms with Crippen molar-refractivity contribution in [3.8, 4) is 0 Å². The van der Waals surface area contributed by atoms with E-state index in [1.165, 1.54) is 11.1 Å². The van der Waals surface area contributed by atoms with Crippen LogP contribution in [0.15, 0.2) is 48.7 Å². The number of aryl methyl sites for hydroxylation is 3. The number of aromatic nitrogens is 4. The van der Waals surface area contributed by atoms with E-state index < -0.39 is 0 Å². The minimum Gasteiger partial charge on any atom is -0.350 e. The highest BCUT2D eigenvalue weighted by atomic mass is 35.5. The second-order valence-corrected chi connectivity index (χ2v) is 7.26. The second kappa shape index (κ2) is 7.48. The fourth-order valence-corrected chi connectivity index (χ4v) is 3.21. The summed E-state index contributed by atoms with van der Waals surface area (Å²) < 4.78 is 1.74. The number of rotatable bonds is 5. The number of nitrogens with one attached hydrogen (secondary N) is 2. The number of halogens is 1. The Morgan fingerprint density at radius 1 is 1.04 bits per heavy atom. The summed E-state index contributed by atoms with van der Waals surface area (Å²) in [5.41, 5.74) is 5.15. The minimum absolute atomic E-state index is 0.547. The lowest BCUT2D eigenvalue weighted by Gasteiger charge is -2.12. The summed E-state index contributed by atoms with van der Waals surface area (Å²) >= 11 is 6.08. The Morgan fingerprint density at radius 2 is 1.82 bits per heavy atom. The molecule has 0 atom stereocenters. The maximum absolute atomic E-state index is 6.08. The third kappa shape index (κ3) is 3.77. The maximum Gasteiger partial charge on any atom is 0.227 e. The molecule has 4 aromatic rings. The zero-order valence-corrected chi connectivity index (χ0v) is 16.7. The Kier molecular flexibility index (Phi) is 4.88. The summed E-state index contributed by atoms with van der Waals surface area (Å²) in [5, 5.41) is 12.6. The van der Waals surface area contributed by atoms with Crippen molar-refractivity contribution in [3.63, 3.8) is 0 Å². The molecule has 2 aromatic carbocycles. The molecule has 0 aliphatic carbocycles. The summed E-state index contributed by atoms with van der Waals surface area (Å²) in [6, 6.07) is 14.1. The zero-order chi connectivity index (χ0) is 19.7. The third-order valence-electron chi connectivity index (χ3n) is 4.60. The molecule has 4 rings (SSSR count). The summed E-state index contributed by atoms with van der Waals surface area (Å²) in [6.07, 6.45) is 1.77. The Bertz CT molecular complexity index is 1130. The molecule has 142 valence electrons. The number of benzene rings is 2. The normalized spacial score (nSPS) is 11.0. The number of hydrogen-bond acceptors (Lipinski definition) is 5. The maximum atomic E-state index is 6.08. The molecule has 7 heteroatoms. The molecule has 0 unspecified atom stereocenters. The number of hydrogen-bond donors (Lipinski definition) is 2. The molecule has 0 saturated heterocycles. The highest BCUT2D eigenvalue weighted by Crippen LogP contribution is 2.28. The van der Waals surface area contributed by atoms with Gasteiger partial charge in [0, 0.05) is 24.3 Å². The molecule has 2 heterocycles. The third-order valence-corrected chi connectivity index (χ3v) is 4.84. The van der Waals surface area contributed by atoms with Crippen LogP contribution in [-0.4, -0.2) is 19.7 Å². The van der Waals surface area contributed by atoms with Crippen LogP contribution < -0.4 is 10.6 Å². The van der Waals surface area contributed by atoms with Crippen molar-refractivity contribution in [2.45, 2.75) is 20.4 Å². The number of anilines is 3. The van der Waals surface area contributed by atoms with Crippen LogP contribution in [0.3, 0.4) is 0 Å². The lowest BCUT2D eigenvalue weighted by atomic mass is 10.1. The predicted molar refractivity (Wildman–Crippen MR) is 114 cm³/mol. The summed E-state index contributed by atoms with van der Waals surface area (Å²) in [5.74, 6) is 1.25. The zero-order valence-electron chi connectivity index (χ0n) is 16.0. The van der Waals surface area contributed by atoms with E-state index in [-0.39, 0.29) is 0 Å². The van der Waals surface area contributed by atoms with Gasteiger partial charge < -0.3 is 10.6 Å². The van der Waals surface area contributed by atoms with Gasteiger partial charge in [0.1, 0.15) is 5.82 Å². The topological polar surface area (TPSA) is 67.7 Å². The molecule has 28 heavy (non-hydrogen) atoms. The summed E-state index contributed by atoms with van der Waals surface area (Å²) in [4.78, 5) is 9.31. The molecule has 6 nitrogen and oxygen atoms in total. The van der Waals surface area contributed by atoms with E-state index in [1.54, 1.807) is 10.9 Å². The van der Waals surface area contributed by atoms with Crippen molar-refractivity contribution in [2.75, 3.05) is 10.6 Å². The lowest BCUT2D eigenvalue weighted by molar-refractivity contribution is 0.785. The highest BCUT2D eigenvalue weighted by Gasteiger charge is 2.13. The van der Waals surface area contributed by atoms with Crippen molar-refractivity contribution < 1.29 is 0 Å². The predicted octanol–water partition coefficient (Wildman–Crippen LogP) is 4.99. The Morgan fingerprint density at radius 3 is 2.57 bits per heavy atom. The molecule has 0 bridgehead atoms. The fourth-order valence-electron chi connectivity index (χ4n) is 2.98. The van der Waals surface area contributed by atoms with E-state index in [4.69, 9.17) is 11.6 Å². The van der Waals surface area contributed by atoms with Gasteiger partial charge in [-0.3, -0.25) is 4.68 Å². The average molecular weight is 393 g/mol. The molecule has 0 aliphatic heterocycles. The molecule has 0 radical (unpaired) electrons. The lowest BCUT2D eigenvalue weighted by Crippen LogP contribution is -2.07. The van der Waals surface area contributed by atoms with Crippen LogP contribution in [0.5, 0.6) is 0 Å². The quantitative estimate of drug-likeness (QED) is 0.500. The SMILES string of the molecule is Cc1ccc(CNc2nc(Nc3ccc(Cl)cc3C)c3cnn(C)c3n2)cc1. The number of nitrogens with zero attached hydrogens (tertiary/aromatic N) is 4. The van der Waals surface area contributed by atoms with Crippen LogP contribution >= 0.6 is 11.6 Å². The molecule has 0 saturated carbocycles. The Labute approximate surface area is 168 Å². The van der Waals surface area contributed by atoms with Crippen LogP contribution in [0.1, 0.15) is 16.7 Å². The van der Waals surface area contributed by atoms with Gasteiger partial charge in [-0.1, -0.05) is 41.4 Å². The second-order valence-electron chi connectivity index (χ2n) is 6.82. The van der Waals surface area contributed by atoms with E-state index in [9.17, 15) is 0 Å². The van der Waals surface area contributed by atoms with Gasteiger partial charge in [0.05, 0.1) is 11.6 Å². The molecular formula is C21H21ClN6. The van der Waals surface area contributed by atoms with Crippen LogP contribution in [0.25, 0.3) is 11.0 Å². The van der Waals surface area contributed by atoms with Crippen LogP contribution in [0.4, 0.5) is 17.5 Å². The number of fused-ring (bicyclic) bond motifs is 1. The van der Waals surface area contributed by atoms with Crippen molar-refractivity contribution in [1.29, 1.82) is 0 Å². The molecule has 2 N–H and O–H groups in total. The summed E-state index contributed by atoms with van der Waals surface area (Å²) in [7, 11) is 1.87. The molecule has 0 aliphatic rings.